The number of carbonyl (C=O) groups is 2. The van der Waals surface area contributed by atoms with Crippen molar-refractivity contribution in [2.45, 2.75) is 57.9 Å². The highest BCUT2D eigenvalue weighted by Crippen LogP contribution is 2.26. The number of aliphatic hydroxyl groups is 1. The number of carboxylic acid groups (broad SMARTS) is 1. The number of nitrogens with one attached hydrogen (secondary N) is 1. The zero-order valence-corrected chi connectivity index (χ0v) is 12.6. The average molecular weight is 300 g/mol. The first-order chi connectivity index (χ1) is 9.81. The first-order valence-electron chi connectivity index (χ1n) is 7.14. The quantitative estimate of drug-likeness (QED) is 0.547. The summed E-state index contributed by atoms with van der Waals surface area (Å²) < 4.78 is 5.40. The van der Waals surface area contributed by atoms with Crippen LogP contribution in [-0.4, -0.2) is 46.4 Å². The van der Waals surface area contributed by atoms with E-state index in [-0.39, 0.29) is 17.6 Å². The number of nitrogens with two attached hydrogens (primary N) is 1. The van der Waals surface area contributed by atoms with Crippen LogP contribution < -0.4 is 11.1 Å². The molecule has 0 aromatic rings. The molecule has 7 heteroatoms. The van der Waals surface area contributed by atoms with Crippen LogP contribution in [0, 0.1) is 5.92 Å². The zero-order chi connectivity index (χ0) is 16.2. The third-order valence-corrected chi connectivity index (χ3v) is 3.82. The van der Waals surface area contributed by atoms with E-state index >= 15 is 0 Å². The molecule has 1 aliphatic heterocycles. The highest BCUT2D eigenvalue weighted by molar-refractivity contribution is 5.84. The molecular weight excluding hydrogens is 276 g/mol. The van der Waals surface area contributed by atoms with Crippen LogP contribution in [-0.2, 0) is 14.3 Å². The molecule has 7 nitrogen and oxygen atoms in total. The molecular formula is C14H24N2O5. The lowest BCUT2D eigenvalue weighted by Crippen LogP contribution is -2.60. The van der Waals surface area contributed by atoms with Gasteiger partial charge in [0.25, 0.3) is 0 Å². The van der Waals surface area contributed by atoms with Gasteiger partial charge < -0.3 is 26.0 Å². The number of aliphatic carboxylic acids is 1. The van der Waals surface area contributed by atoms with Crippen LogP contribution in [0.15, 0.2) is 11.8 Å². The molecule has 1 unspecified atom stereocenters. The summed E-state index contributed by atoms with van der Waals surface area (Å²) in [4.78, 5) is 22.4. The molecule has 21 heavy (non-hydrogen) atoms. The fourth-order valence-corrected chi connectivity index (χ4v) is 2.61. The third kappa shape index (κ3) is 4.18. The lowest BCUT2D eigenvalue weighted by molar-refractivity contribution is -0.142. The number of hydrogen-bond donors (Lipinski definition) is 4. The van der Waals surface area contributed by atoms with Gasteiger partial charge in [-0.15, -0.1) is 0 Å². The summed E-state index contributed by atoms with van der Waals surface area (Å²) in [5.41, 5.74) is 5.92. The second-order valence-electron chi connectivity index (χ2n) is 5.29. The highest BCUT2D eigenvalue weighted by Gasteiger charge is 2.41. The van der Waals surface area contributed by atoms with Crippen LogP contribution in [0.3, 0.4) is 0 Å². The topological polar surface area (TPSA) is 122 Å². The Bertz CT molecular complexity index is 420. The van der Waals surface area contributed by atoms with E-state index in [0.29, 0.717) is 12.8 Å². The number of hydrogen-bond acceptors (Lipinski definition) is 5. The molecule has 1 amide bonds. The lowest BCUT2D eigenvalue weighted by atomic mass is 9.86. The van der Waals surface area contributed by atoms with Crippen molar-refractivity contribution in [1.29, 1.82) is 0 Å². The molecule has 0 saturated carbocycles. The monoisotopic (exact) mass is 300 g/mol. The van der Waals surface area contributed by atoms with E-state index in [1.807, 2.05) is 13.8 Å². The largest absolute Gasteiger partial charge is 0.478 e. The van der Waals surface area contributed by atoms with Gasteiger partial charge in [0.1, 0.15) is 6.10 Å². The number of rotatable bonds is 6. The molecule has 0 aromatic carbocycles. The summed E-state index contributed by atoms with van der Waals surface area (Å²) in [7, 11) is 0. The van der Waals surface area contributed by atoms with E-state index in [0.717, 1.165) is 0 Å². The van der Waals surface area contributed by atoms with Crippen LogP contribution in [0.5, 0.6) is 0 Å². The Labute approximate surface area is 124 Å². The van der Waals surface area contributed by atoms with Crippen molar-refractivity contribution < 1.29 is 24.5 Å². The van der Waals surface area contributed by atoms with Crippen LogP contribution in [0.25, 0.3) is 0 Å². The minimum Gasteiger partial charge on any atom is -0.478 e. The van der Waals surface area contributed by atoms with Gasteiger partial charge in [0.2, 0.25) is 11.7 Å². The number of ether oxygens (including phenoxy) is 1. The minimum absolute atomic E-state index is 0.0633. The summed E-state index contributed by atoms with van der Waals surface area (Å²) >= 11 is 0. The van der Waals surface area contributed by atoms with Gasteiger partial charge in [0.15, 0.2) is 0 Å². The van der Waals surface area contributed by atoms with E-state index < -0.39 is 30.3 Å². The highest BCUT2D eigenvalue weighted by atomic mass is 16.5. The molecule has 0 saturated heterocycles. The molecule has 0 bridgehead atoms. The fourth-order valence-electron chi connectivity index (χ4n) is 2.61. The number of carbonyl (C=O) groups excluding carboxylic acids is 1. The van der Waals surface area contributed by atoms with Crippen molar-refractivity contribution >= 4 is 11.9 Å². The van der Waals surface area contributed by atoms with Crippen LogP contribution in [0.4, 0.5) is 0 Å². The predicted molar refractivity (Wildman–Crippen MR) is 76.3 cm³/mol. The Morgan fingerprint density at radius 2 is 2.00 bits per heavy atom. The average Bonchev–Trinajstić information content (AvgIpc) is 2.41. The summed E-state index contributed by atoms with van der Waals surface area (Å²) in [6.07, 6.45) is 0.881. The minimum atomic E-state index is -1.24. The van der Waals surface area contributed by atoms with Crippen LogP contribution in [0.2, 0.25) is 0 Å². The molecule has 0 aliphatic carbocycles. The summed E-state index contributed by atoms with van der Waals surface area (Å²) in [5, 5.41) is 22.2. The fraction of sp³-hybridized carbons (Fsp3) is 0.714. The Kier molecular flexibility index (Phi) is 6.17. The van der Waals surface area contributed by atoms with Gasteiger partial charge in [0.05, 0.1) is 18.2 Å². The Balaban J connectivity index is 3.06. The van der Waals surface area contributed by atoms with Crippen LogP contribution in [0.1, 0.15) is 33.6 Å². The van der Waals surface area contributed by atoms with Crippen molar-refractivity contribution in [1.82, 2.24) is 5.32 Å². The SMILES string of the molecule is CCC(CC)C(O)[C@@H]1OC(C(=O)O)=C[C@H](N)[C@H]1NC(C)=O. The maximum atomic E-state index is 11.3. The number of carboxylic acids is 1. The van der Waals surface area contributed by atoms with E-state index in [2.05, 4.69) is 5.32 Å². The summed E-state index contributed by atoms with van der Waals surface area (Å²) in [6, 6.07) is -1.40. The zero-order valence-electron chi connectivity index (χ0n) is 12.6. The molecule has 0 spiro atoms. The van der Waals surface area contributed by atoms with Crippen molar-refractivity contribution in [3.05, 3.63) is 11.8 Å². The van der Waals surface area contributed by atoms with E-state index in [1.165, 1.54) is 13.0 Å². The first-order valence-corrected chi connectivity index (χ1v) is 7.14. The molecule has 4 atom stereocenters. The van der Waals surface area contributed by atoms with Crippen molar-refractivity contribution in [3.8, 4) is 0 Å². The molecule has 1 rings (SSSR count). The maximum absolute atomic E-state index is 11.3. The smallest absolute Gasteiger partial charge is 0.370 e. The lowest BCUT2D eigenvalue weighted by Gasteiger charge is -2.39. The second kappa shape index (κ2) is 7.42. The van der Waals surface area contributed by atoms with Gasteiger partial charge in [-0.1, -0.05) is 26.7 Å². The molecule has 0 radical (unpaired) electrons. The summed E-state index contributed by atoms with van der Waals surface area (Å²) in [6.45, 7) is 5.20. The maximum Gasteiger partial charge on any atom is 0.370 e. The van der Waals surface area contributed by atoms with Gasteiger partial charge in [-0.05, 0) is 12.0 Å². The molecule has 5 N–H and O–H groups in total. The molecule has 0 fully saturated rings. The first kappa shape index (κ1) is 17.5. The molecule has 120 valence electrons. The van der Waals surface area contributed by atoms with Crippen molar-refractivity contribution in [2.24, 2.45) is 11.7 Å². The van der Waals surface area contributed by atoms with Crippen molar-refractivity contribution in [2.75, 3.05) is 0 Å². The van der Waals surface area contributed by atoms with Gasteiger partial charge in [-0.2, -0.15) is 0 Å². The van der Waals surface area contributed by atoms with Gasteiger partial charge in [-0.3, -0.25) is 4.79 Å². The Morgan fingerprint density at radius 1 is 1.43 bits per heavy atom. The van der Waals surface area contributed by atoms with E-state index in [9.17, 15) is 14.7 Å². The van der Waals surface area contributed by atoms with Crippen LogP contribution >= 0.6 is 0 Å². The van der Waals surface area contributed by atoms with Crippen molar-refractivity contribution in [3.63, 3.8) is 0 Å². The summed E-state index contributed by atoms with van der Waals surface area (Å²) in [5.74, 6) is -1.91. The van der Waals surface area contributed by atoms with Gasteiger partial charge in [-0.25, -0.2) is 4.79 Å². The normalized spacial score (nSPS) is 26.8. The van der Waals surface area contributed by atoms with Gasteiger partial charge >= 0.3 is 5.97 Å². The molecule has 0 aromatic heterocycles. The Morgan fingerprint density at radius 3 is 2.43 bits per heavy atom. The number of amides is 1. The standard InChI is InChI=1S/C14H24N2O5/c1-4-8(5-2)12(18)13-11(16-7(3)17)9(15)6-10(21-13)14(19)20/h6,8-9,11-13,18H,4-5,15H2,1-3H3,(H,16,17)(H,19,20)/t9-,11+,12?,13+/m0/s1. The second-order valence-corrected chi connectivity index (χ2v) is 5.29. The Hall–Kier alpha value is -1.60. The molecule has 1 heterocycles. The number of aliphatic hydroxyl groups excluding tert-OH is 1. The predicted octanol–water partition coefficient (Wildman–Crippen LogP) is -0.0172. The van der Waals surface area contributed by atoms with Gasteiger partial charge in [0, 0.05) is 6.92 Å². The van der Waals surface area contributed by atoms with E-state index in [4.69, 9.17) is 15.6 Å². The molecule has 1 aliphatic rings. The third-order valence-electron chi connectivity index (χ3n) is 3.82. The van der Waals surface area contributed by atoms with E-state index in [1.54, 1.807) is 0 Å².